The average Bonchev–Trinajstić information content (AvgIpc) is 2.75. The minimum absolute atomic E-state index is 0.0270. The molecule has 2 amide bonds. The van der Waals surface area contributed by atoms with Crippen LogP contribution in [-0.2, 0) is 14.8 Å². The third-order valence-corrected chi connectivity index (χ3v) is 6.57. The van der Waals surface area contributed by atoms with Crippen LogP contribution in [0.25, 0.3) is 0 Å². The second-order valence-corrected chi connectivity index (χ2v) is 9.05. The third-order valence-electron chi connectivity index (χ3n) is 4.86. The lowest BCUT2D eigenvalue weighted by atomic mass is 10.0. The number of anilines is 1. The first-order valence-corrected chi connectivity index (χ1v) is 11.3. The van der Waals surface area contributed by atoms with Crippen molar-refractivity contribution in [1.29, 1.82) is 0 Å². The number of rotatable bonds is 5. The van der Waals surface area contributed by atoms with Gasteiger partial charge in [0, 0.05) is 24.7 Å². The fourth-order valence-electron chi connectivity index (χ4n) is 3.17. The fourth-order valence-corrected chi connectivity index (χ4v) is 4.46. The maximum atomic E-state index is 13.1. The summed E-state index contributed by atoms with van der Waals surface area (Å²) in [5, 5.41) is 2.99. The van der Waals surface area contributed by atoms with Crippen LogP contribution in [0.2, 0.25) is 5.02 Å². The zero-order valence-electron chi connectivity index (χ0n) is 16.6. The van der Waals surface area contributed by atoms with Crippen LogP contribution in [0.1, 0.15) is 23.2 Å². The van der Waals surface area contributed by atoms with Gasteiger partial charge in [0.2, 0.25) is 0 Å². The first-order valence-electron chi connectivity index (χ1n) is 9.41. The second kappa shape index (κ2) is 9.52. The average molecular weight is 470 g/mol. The van der Waals surface area contributed by atoms with Crippen molar-refractivity contribution in [2.24, 2.45) is 0 Å². The molecule has 0 saturated carbocycles. The van der Waals surface area contributed by atoms with Crippen LogP contribution in [-0.4, -0.2) is 51.6 Å². The summed E-state index contributed by atoms with van der Waals surface area (Å²) in [6.07, 6.45) is 0.734. The summed E-state index contributed by atoms with van der Waals surface area (Å²) in [7, 11) is -2.70. The lowest BCUT2D eigenvalue weighted by Crippen LogP contribution is -2.46. The predicted octanol–water partition coefficient (Wildman–Crippen LogP) is 3.24. The number of benzene rings is 2. The molecule has 1 aliphatic rings. The summed E-state index contributed by atoms with van der Waals surface area (Å²) >= 11 is 6.10. The summed E-state index contributed by atoms with van der Waals surface area (Å²) in [6.45, 7) is 0.919. The first-order chi connectivity index (χ1) is 14.7. The van der Waals surface area contributed by atoms with Gasteiger partial charge in [0.1, 0.15) is 5.82 Å². The molecule has 8 nitrogen and oxygen atoms in total. The topological polar surface area (TPSA) is 105 Å². The summed E-state index contributed by atoms with van der Waals surface area (Å²) in [5.41, 5.74) is 0.246. The van der Waals surface area contributed by atoms with Gasteiger partial charge in [-0.05, 0) is 55.3 Å². The monoisotopic (exact) mass is 469 g/mol. The number of sulfonamides is 1. The number of hydrogen-bond donors (Lipinski definition) is 2. The molecule has 1 heterocycles. The largest absolute Gasteiger partial charge is 0.453 e. The van der Waals surface area contributed by atoms with Gasteiger partial charge in [-0.25, -0.2) is 17.6 Å². The van der Waals surface area contributed by atoms with E-state index >= 15 is 0 Å². The van der Waals surface area contributed by atoms with Gasteiger partial charge in [-0.15, -0.1) is 0 Å². The quantitative estimate of drug-likeness (QED) is 0.699. The molecule has 2 aromatic carbocycles. The van der Waals surface area contributed by atoms with Crippen molar-refractivity contribution >= 4 is 39.3 Å². The van der Waals surface area contributed by atoms with Gasteiger partial charge in [0.25, 0.3) is 15.9 Å². The highest BCUT2D eigenvalue weighted by Gasteiger charge is 2.25. The molecule has 0 atom stereocenters. The van der Waals surface area contributed by atoms with Gasteiger partial charge >= 0.3 is 6.09 Å². The molecule has 11 heteroatoms. The predicted molar refractivity (Wildman–Crippen MR) is 113 cm³/mol. The normalized spacial score (nSPS) is 14.7. The highest BCUT2D eigenvalue weighted by atomic mass is 35.5. The fraction of sp³-hybridized carbons (Fsp3) is 0.300. The molecule has 1 saturated heterocycles. The van der Waals surface area contributed by atoms with Crippen LogP contribution < -0.4 is 10.0 Å². The molecule has 3 rings (SSSR count). The minimum atomic E-state index is -4.02. The molecule has 0 unspecified atom stereocenters. The maximum Gasteiger partial charge on any atom is 0.409 e. The van der Waals surface area contributed by atoms with Crippen LogP contribution in [0, 0.1) is 5.82 Å². The van der Waals surface area contributed by atoms with Crippen LogP contribution in [0.5, 0.6) is 0 Å². The van der Waals surface area contributed by atoms with Crippen molar-refractivity contribution in [3.8, 4) is 0 Å². The number of hydrogen-bond acceptors (Lipinski definition) is 5. The van der Waals surface area contributed by atoms with E-state index in [4.69, 9.17) is 11.6 Å². The second-order valence-electron chi connectivity index (χ2n) is 6.96. The number of piperidine rings is 1. The molecule has 1 fully saturated rings. The minimum Gasteiger partial charge on any atom is -0.453 e. The molecule has 0 radical (unpaired) electrons. The molecule has 166 valence electrons. The van der Waals surface area contributed by atoms with Gasteiger partial charge in [0.15, 0.2) is 0 Å². The molecule has 0 spiro atoms. The van der Waals surface area contributed by atoms with E-state index in [0.717, 1.165) is 24.3 Å². The van der Waals surface area contributed by atoms with Crippen LogP contribution in [0.3, 0.4) is 0 Å². The summed E-state index contributed by atoms with van der Waals surface area (Å²) in [5.74, 6) is -0.955. The molecule has 1 aliphatic heterocycles. The zero-order chi connectivity index (χ0) is 22.6. The van der Waals surface area contributed by atoms with E-state index in [0.29, 0.717) is 25.9 Å². The summed E-state index contributed by atoms with van der Waals surface area (Å²) < 4.78 is 45.2. The van der Waals surface area contributed by atoms with E-state index < -0.39 is 27.8 Å². The number of carbonyl (C=O) groups is 2. The van der Waals surface area contributed by atoms with Crippen molar-refractivity contribution in [2.45, 2.75) is 23.8 Å². The zero-order valence-corrected chi connectivity index (χ0v) is 18.2. The van der Waals surface area contributed by atoms with Gasteiger partial charge in [-0.2, -0.15) is 0 Å². The molecule has 0 bridgehead atoms. The van der Waals surface area contributed by atoms with Crippen molar-refractivity contribution in [2.75, 3.05) is 24.9 Å². The molecule has 2 aromatic rings. The lowest BCUT2D eigenvalue weighted by Gasteiger charge is -2.31. The van der Waals surface area contributed by atoms with E-state index in [1.165, 1.54) is 25.3 Å². The summed E-state index contributed by atoms with van der Waals surface area (Å²) in [6, 6.07) is 8.42. The van der Waals surface area contributed by atoms with Crippen molar-refractivity contribution in [3.05, 3.63) is 58.9 Å². The number of amides is 2. The lowest BCUT2D eigenvalue weighted by molar-refractivity contribution is 0.0892. The van der Waals surface area contributed by atoms with Gasteiger partial charge in [-0.3, -0.25) is 9.52 Å². The van der Waals surface area contributed by atoms with Gasteiger partial charge in [0.05, 0.1) is 22.7 Å². The Hall–Kier alpha value is -2.85. The highest BCUT2D eigenvalue weighted by Crippen LogP contribution is 2.26. The number of carbonyl (C=O) groups excluding carboxylic acids is 2. The number of ether oxygens (including phenoxy) is 1. The van der Waals surface area contributed by atoms with Crippen molar-refractivity contribution < 1.29 is 27.1 Å². The van der Waals surface area contributed by atoms with Gasteiger partial charge < -0.3 is 15.0 Å². The van der Waals surface area contributed by atoms with E-state index in [2.05, 4.69) is 14.8 Å². The number of nitrogens with one attached hydrogen (secondary N) is 2. The van der Waals surface area contributed by atoms with Crippen molar-refractivity contribution in [1.82, 2.24) is 10.2 Å². The molecular weight excluding hydrogens is 449 g/mol. The molecule has 0 aliphatic carbocycles. The summed E-state index contributed by atoms with van der Waals surface area (Å²) in [4.78, 5) is 25.6. The Balaban J connectivity index is 1.68. The number of likely N-dealkylation sites (tertiary alicyclic amines) is 1. The number of methoxy groups -OCH3 is 1. The Morgan fingerprint density at radius 2 is 1.77 bits per heavy atom. The Morgan fingerprint density at radius 3 is 2.39 bits per heavy atom. The Bertz CT molecular complexity index is 1070. The van der Waals surface area contributed by atoms with E-state index in [1.807, 2.05) is 0 Å². The van der Waals surface area contributed by atoms with Crippen LogP contribution in [0.15, 0.2) is 47.4 Å². The van der Waals surface area contributed by atoms with E-state index in [-0.39, 0.29) is 27.2 Å². The Kier molecular flexibility index (Phi) is 7.01. The van der Waals surface area contributed by atoms with E-state index in [9.17, 15) is 22.4 Å². The molecule has 31 heavy (non-hydrogen) atoms. The SMILES string of the molecule is COC(=O)N1CCC(NC(=O)c2ccc(Cl)c(NS(=O)(=O)c3ccc(F)cc3)c2)CC1. The van der Waals surface area contributed by atoms with Crippen molar-refractivity contribution in [3.63, 3.8) is 0 Å². The smallest absolute Gasteiger partial charge is 0.409 e. The molecular formula is C20H21ClFN3O5S. The van der Waals surface area contributed by atoms with E-state index in [1.54, 1.807) is 4.90 Å². The number of nitrogens with zero attached hydrogens (tertiary/aromatic N) is 1. The third kappa shape index (κ3) is 5.65. The van der Waals surface area contributed by atoms with Crippen LogP contribution in [0.4, 0.5) is 14.9 Å². The molecule has 0 aromatic heterocycles. The first kappa shape index (κ1) is 22.8. The van der Waals surface area contributed by atoms with Gasteiger partial charge in [-0.1, -0.05) is 11.6 Å². The highest BCUT2D eigenvalue weighted by molar-refractivity contribution is 7.92. The standard InChI is InChI=1S/C20H21ClFN3O5S/c1-30-20(27)25-10-8-15(9-11-25)23-19(26)13-2-7-17(21)18(12-13)24-31(28,29)16-5-3-14(22)4-6-16/h2-7,12,15,24H,8-11H2,1H3,(H,23,26). The maximum absolute atomic E-state index is 13.1. The van der Waals surface area contributed by atoms with Crippen LogP contribution >= 0.6 is 11.6 Å². The number of halogens is 2. The Labute approximate surface area is 184 Å². The molecule has 2 N–H and O–H groups in total. The Morgan fingerprint density at radius 1 is 1.13 bits per heavy atom.